The summed E-state index contributed by atoms with van der Waals surface area (Å²) in [6.07, 6.45) is 0.230. The monoisotopic (exact) mass is 268 g/mol. The zero-order valence-corrected chi connectivity index (χ0v) is 11.0. The second-order valence-corrected chi connectivity index (χ2v) is 4.33. The largest absolute Gasteiger partial charge is 0.330 e. The molecule has 102 valence electrons. The number of hydrogen-bond acceptors (Lipinski definition) is 3. The molecule has 0 aliphatic heterocycles. The Bertz CT molecular complexity index is 609. The molecule has 1 amide bonds. The predicted molar refractivity (Wildman–Crippen MR) is 78.6 cm³/mol. The first-order valence-corrected chi connectivity index (χ1v) is 6.41. The number of benzene rings is 2. The van der Waals surface area contributed by atoms with Gasteiger partial charge in [-0.2, -0.15) is 0 Å². The van der Waals surface area contributed by atoms with Crippen LogP contribution in [0.4, 0.5) is 5.69 Å². The van der Waals surface area contributed by atoms with Crippen LogP contribution in [0.15, 0.2) is 54.6 Å². The highest BCUT2D eigenvalue weighted by atomic mass is 16.1. The lowest BCUT2D eigenvalue weighted by molar-refractivity contribution is -0.116. The van der Waals surface area contributed by atoms with Crippen molar-refractivity contribution in [2.45, 2.75) is 6.42 Å². The van der Waals surface area contributed by atoms with Crippen LogP contribution in [0.1, 0.15) is 22.3 Å². The molecule has 0 bridgehead atoms. The quantitative estimate of drug-likeness (QED) is 0.817. The molecule has 0 unspecified atom stereocenters. The molecule has 0 aromatic heterocycles. The van der Waals surface area contributed by atoms with Crippen molar-refractivity contribution in [1.29, 1.82) is 0 Å². The minimum Gasteiger partial charge on any atom is -0.330 e. The molecular weight excluding hydrogens is 252 g/mol. The van der Waals surface area contributed by atoms with Crippen molar-refractivity contribution in [3.8, 4) is 0 Å². The third-order valence-electron chi connectivity index (χ3n) is 2.85. The number of carbonyl (C=O) groups excluding carboxylic acids is 2. The van der Waals surface area contributed by atoms with Crippen LogP contribution in [0.2, 0.25) is 0 Å². The van der Waals surface area contributed by atoms with Crippen molar-refractivity contribution in [3.63, 3.8) is 0 Å². The molecule has 0 radical (unpaired) electrons. The number of carbonyl (C=O) groups is 2. The number of nitrogens with one attached hydrogen (secondary N) is 1. The summed E-state index contributed by atoms with van der Waals surface area (Å²) in [6.45, 7) is 0.278. The maximum atomic E-state index is 12.4. The van der Waals surface area contributed by atoms with Crippen LogP contribution in [-0.2, 0) is 4.79 Å². The summed E-state index contributed by atoms with van der Waals surface area (Å²) >= 11 is 0. The number of anilines is 1. The van der Waals surface area contributed by atoms with Crippen molar-refractivity contribution in [2.75, 3.05) is 11.9 Å². The normalized spacial score (nSPS) is 10.1. The van der Waals surface area contributed by atoms with Gasteiger partial charge < -0.3 is 11.1 Å². The first-order valence-electron chi connectivity index (χ1n) is 6.41. The topological polar surface area (TPSA) is 72.2 Å². The summed E-state index contributed by atoms with van der Waals surface area (Å²) in [5.74, 6) is -0.310. The summed E-state index contributed by atoms with van der Waals surface area (Å²) in [6, 6.07) is 15.9. The highest BCUT2D eigenvalue weighted by Gasteiger charge is 2.14. The first-order chi connectivity index (χ1) is 9.72. The van der Waals surface area contributed by atoms with Gasteiger partial charge in [0.1, 0.15) is 0 Å². The lowest BCUT2D eigenvalue weighted by Gasteiger charge is -2.10. The lowest BCUT2D eigenvalue weighted by Crippen LogP contribution is -2.18. The second-order valence-electron chi connectivity index (χ2n) is 4.33. The van der Waals surface area contributed by atoms with Crippen LogP contribution in [0, 0.1) is 0 Å². The van der Waals surface area contributed by atoms with Gasteiger partial charge in [-0.05, 0) is 12.1 Å². The molecule has 0 saturated carbocycles. The van der Waals surface area contributed by atoms with E-state index in [1.54, 1.807) is 36.4 Å². The maximum absolute atomic E-state index is 12.4. The van der Waals surface area contributed by atoms with Gasteiger partial charge in [0.25, 0.3) is 0 Å². The second kappa shape index (κ2) is 6.63. The third-order valence-corrected chi connectivity index (χ3v) is 2.85. The molecule has 0 aliphatic carbocycles. The average Bonchev–Trinajstić information content (AvgIpc) is 2.48. The van der Waals surface area contributed by atoms with Crippen molar-refractivity contribution >= 4 is 17.4 Å². The van der Waals surface area contributed by atoms with Gasteiger partial charge in [-0.1, -0.05) is 42.5 Å². The summed E-state index contributed by atoms with van der Waals surface area (Å²) < 4.78 is 0. The molecule has 0 fully saturated rings. The van der Waals surface area contributed by atoms with Gasteiger partial charge in [-0.25, -0.2) is 0 Å². The summed E-state index contributed by atoms with van der Waals surface area (Å²) in [5, 5.41) is 2.72. The van der Waals surface area contributed by atoms with Gasteiger partial charge in [0.15, 0.2) is 5.78 Å². The lowest BCUT2D eigenvalue weighted by atomic mass is 10.0. The third kappa shape index (κ3) is 3.30. The fourth-order valence-corrected chi connectivity index (χ4v) is 1.88. The van der Waals surface area contributed by atoms with Crippen molar-refractivity contribution < 1.29 is 9.59 Å². The molecule has 2 rings (SSSR count). The van der Waals surface area contributed by atoms with E-state index in [4.69, 9.17) is 5.73 Å². The number of ketones is 1. The van der Waals surface area contributed by atoms with E-state index < -0.39 is 0 Å². The molecule has 20 heavy (non-hydrogen) atoms. The Kier molecular flexibility index (Phi) is 4.63. The van der Waals surface area contributed by atoms with E-state index >= 15 is 0 Å². The molecule has 2 aromatic carbocycles. The van der Waals surface area contributed by atoms with Crippen molar-refractivity contribution in [3.05, 3.63) is 65.7 Å². The average molecular weight is 268 g/mol. The molecule has 3 N–H and O–H groups in total. The van der Waals surface area contributed by atoms with Crippen LogP contribution in [0.25, 0.3) is 0 Å². The van der Waals surface area contributed by atoms with Gasteiger partial charge in [0, 0.05) is 24.1 Å². The van der Waals surface area contributed by atoms with Crippen LogP contribution in [-0.4, -0.2) is 18.2 Å². The molecule has 2 aromatic rings. The maximum Gasteiger partial charge on any atom is 0.225 e. The van der Waals surface area contributed by atoms with Crippen LogP contribution in [0.5, 0.6) is 0 Å². The zero-order valence-electron chi connectivity index (χ0n) is 11.0. The molecule has 0 aliphatic rings. The standard InChI is InChI=1S/C16H16N2O2/c17-11-10-15(19)18-14-9-5-4-8-13(14)16(20)12-6-2-1-3-7-12/h1-9H,10-11,17H2,(H,18,19). The molecule has 4 heteroatoms. The highest BCUT2D eigenvalue weighted by molar-refractivity contribution is 6.13. The van der Waals surface area contributed by atoms with E-state index in [-0.39, 0.29) is 24.7 Å². The van der Waals surface area contributed by atoms with E-state index in [1.807, 2.05) is 18.2 Å². The number of para-hydroxylation sites is 1. The smallest absolute Gasteiger partial charge is 0.225 e. The van der Waals surface area contributed by atoms with Crippen molar-refractivity contribution in [2.24, 2.45) is 5.73 Å². The van der Waals surface area contributed by atoms with Crippen LogP contribution >= 0.6 is 0 Å². The minimum atomic E-state index is -0.194. The van der Waals surface area contributed by atoms with Gasteiger partial charge in [-0.15, -0.1) is 0 Å². The number of amides is 1. The van der Waals surface area contributed by atoms with E-state index in [9.17, 15) is 9.59 Å². The van der Waals surface area contributed by atoms with E-state index in [2.05, 4.69) is 5.32 Å². The number of hydrogen-bond donors (Lipinski definition) is 2. The molecule has 0 saturated heterocycles. The van der Waals surface area contributed by atoms with Crippen LogP contribution in [0.3, 0.4) is 0 Å². The van der Waals surface area contributed by atoms with E-state index in [0.717, 1.165) is 0 Å². The van der Waals surface area contributed by atoms with E-state index in [1.165, 1.54) is 0 Å². The summed E-state index contributed by atoms with van der Waals surface area (Å²) in [4.78, 5) is 24.1. The first kappa shape index (κ1) is 14.0. The molecule has 0 heterocycles. The fourth-order valence-electron chi connectivity index (χ4n) is 1.88. The Labute approximate surface area is 117 Å². The number of rotatable bonds is 5. The van der Waals surface area contributed by atoms with E-state index in [0.29, 0.717) is 16.8 Å². The zero-order chi connectivity index (χ0) is 14.4. The summed E-state index contributed by atoms with van der Waals surface area (Å²) in [5.41, 5.74) is 6.92. The Balaban J connectivity index is 2.28. The molecule has 4 nitrogen and oxygen atoms in total. The van der Waals surface area contributed by atoms with Gasteiger partial charge in [0.05, 0.1) is 5.69 Å². The SMILES string of the molecule is NCCC(=O)Nc1ccccc1C(=O)c1ccccc1. The van der Waals surface area contributed by atoms with Gasteiger partial charge in [-0.3, -0.25) is 9.59 Å². The Hall–Kier alpha value is -2.46. The van der Waals surface area contributed by atoms with Crippen LogP contribution < -0.4 is 11.1 Å². The van der Waals surface area contributed by atoms with Gasteiger partial charge in [0.2, 0.25) is 5.91 Å². The minimum absolute atomic E-state index is 0.116. The molecule has 0 spiro atoms. The predicted octanol–water partition coefficient (Wildman–Crippen LogP) is 2.20. The van der Waals surface area contributed by atoms with Gasteiger partial charge >= 0.3 is 0 Å². The van der Waals surface area contributed by atoms with Crippen molar-refractivity contribution in [1.82, 2.24) is 0 Å². The summed E-state index contributed by atoms with van der Waals surface area (Å²) in [7, 11) is 0. The molecular formula is C16H16N2O2. The Morgan fingerprint density at radius 3 is 2.30 bits per heavy atom. The fraction of sp³-hybridized carbons (Fsp3) is 0.125. The molecule has 0 atom stereocenters. The Morgan fingerprint density at radius 2 is 1.60 bits per heavy atom. The Morgan fingerprint density at radius 1 is 0.950 bits per heavy atom. The highest BCUT2D eigenvalue weighted by Crippen LogP contribution is 2.19. The number of nitrogens with two attached hydrogens (primary N) is 1.